The molecule has 2 aliphatic carbocycles. The highest BCUT2D eigenvalue weighted by molar-refractivity contribution is 6.74. The van der Waals surface area contributed by atoms with Crippen molar-refractivity contribution in [3.8, 4) is 0 Å². The van der Waals surface area contributed by atoms with Gasteiger partial charge in [-0.25, -0.2) is 0 Å². The van der Waals surface area contributed by atoms with Crippen LogP contribution >= 0.6 is 0 Å². The van der Waals surface area contributed by atoms with E-state index in [9.17, 15) is 14.9 Å². The van der Waals surface area contributed by atoms with Gasteiger partial charge in [-0.3, -0.25) is 14.9 Å². The molecule has 0 heterocycles. The van der Waals surface area contributed by atoms with Crippen molar-refractivity contribution < 1.29 is 14.1 Å². The fraction of sp³-hybridized carbons (Fsp3) is 0.944. The molecule has 4 atom stereocenters. The molecular weight excluding hydrogens is 322 g/mol. The molecule has 0 aromatic carbocycles. The zero-order valence-corrected chi connectivity index (χ0v) is 17.1. The molecule has 0 spiro atoms. The van der Waals surface area contributed by atoms with Gasteiger partial charge in [-0.15, -0.1) is 0 Å². The number of nitrogens with zero attached hydrogens (tertiary/aromatic N) is 1. The van der Waals surface area contributed by atoms with Crippen molar-refractivity contribution in [2.75, 3.05) is 6.61 Å². The summed E-state index contributed by atoms with van der Waals surface area (Å²) in [5, 5.41) is 12.2. The van der Waals surface area contributed by atoms with Gasteiger partial charge in [0.15, 0.2) is 8.32 Å². The highest BCUT2D eigenvalue weighted by Gasteiger charge is 2.63. The average Bonchev–Trinajstić information content (AvgIpc) is 2.46. The van der Waals surface area contributed by atoms with Gasteiger partial charge in [-0.1, -0.05) is 34.1 Å². The van der Waals surface area contributed by atoms with Gasteiger partial charge >= 0.3 is 0 Å². The molecule has 0 bridgehead atoms. The smallest absolute Gasteiger partial charge is 0.231 e. The Kier molecular flexibility index (Phi) is 5.32. The molecule has 0 saturated heterocycles. The molecule has 2 saturated carbocycles. The van der Waals surface area contributed by atoms with Crippen LogP contribution in [0.25, 0.3) is 0 Å². The average molecular weight is 356 g/mol. The zero-order valence-electron chi connectivity index (χ0n) is 16.1. The lowest BCUT2D eigenvalue weighted by molar-refractivity contribution is -0.600. The molecule has 0 N–H and O–H groups in total. The first-order valence-corrected chi connectivity index (χ1v) is 12.2. The summed E-state index contributed by atoms with van der Waals surface area (Å²) in [4.78, 5) is 24.6. The number of carbonyl (C=O) groups excluding carboxylic acids is 1. The van der Waals surface area contributed by atoms with Crippen LogP contribution in [-0.2, 0) is 9.22 Å². The van der Waals surface area contributed by atoms with Gasteiger partial charge in [0.1, 0.15) is 5.78 Å². The van der Waals surface area contributed by atoms with E-state index in [1.165, 1.54) is 0 Å². The molecule has 0 aromatic heterocycles. The SMILES string of the molecule is C[C@H]1C(=O)C[C@@H]2CCCC[C@]2([N+](=O)[O-])[C@H]1CO[Si](C)(C)C(C)(C)C. The maximum atomic E-state index is 12.5. The normalized spacial score (nSPS) is 34.8. The van der Waals surface area contributed by atoms with Gasteiger partial charge in [0.2, 0.25) is 5.54 Å². The summed E-state index contributed by atoms with van der Waals surface area (Å²) in [5.74, 6) is -0.510. The Labute approximate surface area is 146 Å². The number of nitro groups is 1. The van der Waals surface area contributed by atoms with E-state index >= 15 is 0 Å². The third-order valence-electron chi connectivity index (χ3n) is 7.06. The molecule has 2 fully saturated rings. The van der Waals surface area contributed by atoms with Crippen LogP contribution in [-0.4, -0.2) is 31.2 Å². The molecule has 0 aliphatic heterocycles. The summed E-state index contributed by atoms with van der Waals surface area (Å²) >= 11 is 0. The molecule has 2 rings (SSSR count). The van der Waals surface area contributed by atoms with E-state index in [1.807, 2.05) is 6.92 Å². The Balaban J connectivity index is 2.32. The highest BCUT2D eigenvalue weighted by atomic mass is 28.4. The van der Waals surface area contributed by atoms with Crippen molar-refractivity contribution in [1.82, 2.24) is 0 Å². The van der Waals surface area contributed by atoms with Crippen LogP contribution in [0.1, 0.15) is 59.8 Å². The van der Waals surface area contributed by atoms with E-state index < -0.39 is 13.9 Å². The largest absolute Gasteiger partial charge is 0.416 e. The Morgan fingerprint density at radius 3 is 2.50 bits per heavy atom. The molecule has 0 radical (unpaired) electrons. The van der Waals surface area contributed by atoms with Gasteiger partial charge < -0.3 is 4.43 Å². The molecule has 0 aromatic rings. The van der Waals surface area contributed by atoms with Crippen LogP contribution in [0.5, 0.6) is 0 Å². The predicted molar refractivity (Wildman–Crippen MR) is 97.1 cm³/mol. The summed E-state index contributed by atoms with van der Waals surface area (Å²) in [5.41, 5.74) is -0.964. The van der Waals surface area contributed by atoms with Crippen LogP contribution in [0.4, 0.5) is 0 Å². The fourth-order valence-corrected chi connectivity index (χ4v) is 5.31. The number of carbonyl (C=O) groups is 1. The van der Waals surface area contributed by atoms with Gasteiger partial charge in [-0.05, 0) is 31.0 Å². The van der Waals surface area contributed by atoms with Crippen molar-refractivity contribution in [2.24, 2.45) is 17.8 Å². The first-order valence-electron chi connectivity index (χ1n) is 9.24. The van der Waals surface area contributed by atoms with Crippen molar-refractivity contribution in [1.29, 1.82) is 0 Å². The number of ketones is 1. The molecule has 0 unspecified atom stereocenters. The third kappa shape index (κ3) is 3.19. The number of hydrogen-bond donors (Lipinski definition) is 0. The van der Waals surface area contributed by atoms with E-state index in [4.69, 9.17) is 4.43 Å². The van der Waals surface area contributed by atoms with Crippen molar-refractivity contribution in [3.63, 3.8) is 0 Å². The topological polar surface area (TPSA) is 69.4 Å². The number of fused-ring (bicyclic) bond motifs is 1. The number of rotatable bonds is 4. The highest BCUT2D eigenvalue weighted by Crippen LogP contribution is 2.50. The van der Waals surface area contributed by atoms with Crippen LogP contribution in [0, 0.1) is 27.9 Å². The lowest BCUT2D eigenvalue weighted by atomic mass is 9.57. The maximum Gasteiger partial charge on any atom is 0.231 e. The standard InChI is InChI=1S/C18H33NO4Si/c1-13-15(12-23-24(5,6)17(2,3)4)18(19(21)22)10-8-7-9-14(18)11-16(13)20/h13-15H,7-12H2,1-6H3/t13-,14+,15+,18-/m1/s1. The van der Waals surface area contributed by atoms with Crippen LogP contribution in [0.2, 0.25) is 18.1 Å². The predicted octanol–water partition coefficient (Wildman–Crippen LogP) is 4.44. The number of Topliss-reactive ketones (excluding diaryl/α,β-unsaturated/α-hetero) is 1. The van der Waals surface area contributed by atoms with Crippen LogP contribution in [0.15, 0.2) is 0 Å². The van der Waals surface area contributed by atoms with E-state index in [-0.39, 0.29) is 33.5 Å². The Morgan fingerprint density at radius 2 is 1.96 bits per heavy atom. The molecule has 138 valence electrons. The molecule has 5 nitrogen and oxygen atoms in total. The Hall–Kier alpha value is -0.753. The molecule has 2 aliphatic rings. The summed E-state index contributed by atoms with van der Waals surface area (Å²) in [6, 6.07) is 0. The van der Waals surface area contributed by atoms with Gasteiger partial charge in [0, 0.05) is 36.2 Å². The maximum absolute atomic E-state index is 12.5. The molecule has 6 heteroatoms. The Morgan fingerprint density at radius 1 is 1.33 bits per heavy atom. The Bertz CT molecular complexity index is 514. The van der Waals surface area contributed by atoms with Crippen LogP contribution < -0.4 is 0 Å². The zero-order chi connectivity index (χ0) is 18.3. The minimum atomic E-state index is -2.00. The quantitative estimate of drug-likeness (QED) is 0.425. The monoisotopic (exact) mass is 355 g/mol. The molecule has 0 amide bonds. The first-order chi connectivity index (χ1) is 10.9. The lowest BCUT2D eigenvalue weighted by Crippen LogP contribution is -2.62. The summed E-state index contributed by atoms with van der Waals surface area (Å²) < 4.78 is 6.36. The minimum absolute atomic E-state index is 0.0561. The first kappa shape index (κ1) is 19.6. The van der Waals surface area contributed by atoms with Crippen LogP contribution in [0.3, 0.4) is 0 Å². The number of hydrogen-bond acceptors (Lipinski definition) is 4. The second-order valence-electron chi connectivity index (χ2n) is 9.33. The van der Waals surface area contributed by atoms with E-state index in [0.29, 0.717) is 19.4 Å². The summed E-state index contributed by atoms with van der Waals surface area (Å²) in [6.07, 6.45) is 3.65. The lowest BCUT2D eigenvalue weighted by Gasteiger charge is -2.48. The van der Waals surface area contributed by atoms with Crippen molar-refractivity contribution in [3.05, 3.63) is 10.1 Å². The second-order valence-corrected chi connectivity index (χ2v) is 14.1. The van der Waals surface area contributed by atoms with E-state index in [2.05, 4.69) is 33.9 Å². The van der Waals surface area contributed by atoms with Gasteiger partial charge in [-0.2, -0.15) is 0 Å². The second kappa shape index (κ2) is 6.52. The van der Waals surface area contributed by atoms with Crippen molar-refractivity contribution >= 4 is 14.1 Å². The van der Waals surface area contributed by atoms with E-state index in [1.54, 1.807) is 0 Å². The van der Waals surface area contributed by atoms with Gasteiger partial charge in [0.05, 0.1) is 5.92 Å². The van der Waals surface area contributed by atoms with E-state index in [0.717, 1.165) is 19.3 Å². The molecule has 24 heavy (non-hydrogen) atoms. The summed E-state index contributed by atoms with van der Waals surface area (Å²) in [6.45, 7) is 13.1. The fourth-order valence-electron chi connectivity index (χ4n) is 4.29. The summed E-state index contributed by atoms with van der Waals surface area (Å²) in [7, 11) is -2.00. The minimum Gasteiger partial charge on any atom is -0.416 e. The third-order valence-corrected chi connectivity index (χ3v) is 11.6. The molecular formula is C18H33NO4Si. The van der Waals surface area contributed by atoms with Crippen molar-refractivity contribution in [2.45, 2.75) is 83.5 Å². The van der Waals surface area contributed by atoms with Gasteiger partial charge in [0.25, 0.3) is 0 Å².